The zero-order chi connectivity index (χ0) is 11.3. The van der Waals surface area contributed by atoms with E-state index in [2.05, 4.69) is 20.8 Å². The fourth-order valence-electron chi connectivity index (χ4n) is 3.71. The average molecular weight is 231 g/mol. The monoisotopic (exact) mass is 230 g/mol. The van der Waals surface area contributed by atoms with Gasteiger partial charge in [-0.25, -0.2) is 0 Å². The fraction of sp³-hybridized carbons (Fsp3) is 0.917. The van der Waals surface area contributed by atoms with Crippen molar-refractivity contribution >= 4 is 17.6 Å². The summed E-state index contributed by atoms with van der Waals surface area (Å²) in [5.41, 5.74) is 0.310. The highest BCUT2D eigenvalue weighted by atomic mass is 35.5. The predicted molar refractivity (Wildman–Crippen MR) is 59.8 cm³/mol. The van der Waals surface area contributed by atoms with Crippen molar-refractivity contribution in [1.29, 1.82) is 0 Å². The van der Waals surface area contributed by atoms with Crippen molar-refractivity contribution in [3.63, 3.8) is 0 Å². The van der Waals surface area contributed by atoms with Crippen LogP contribution in [0.5, 0.6) is 0 Å². The summed E-state index contributed by atoms with van der Waals surface area (Å²) in [7, 11) is 0. The molecule has 2 fully saturated rings. The van der Waals surface area contributed by atoms with Gasteiger partial charge in [0.1, 0.15) is 12.0 Å². The molecule has 3 atom stereocenters. The summed E-state index contributed by atoms with van der Waals surface area (Å²) >= 11 is 5.50. The maximum Gasteiger partial charge on any atom is 0.321 e. The van der Waals surface area contributed by atoms with Crippen LogP contribution in [-0.4, -0.2) is 18.0 Å². The second kappa shape index (κ2) is 3.38. The number of rotatable bonds is 2. The summed E-state index contributed by atoms with van der Waals surface area (Å²) in [5.74, 6) is 0.395. The van der Waals surface area contributed by atoms with E-state index in [0.29, 0.717) is 5.92 Å². The van der Waals surface area contributed by atoms with E-state index >= 15 is 0 Å². The van der Waals surface area contributed by atoms with Crippen LogP contribution < -0.4 is 0 Å². The highest BCUT2D eigenvalue weighted by molar-refractivity contribution is 6.26. The summed E-state index contributed by atoms with van der Waals surface area (Å²) in [5, 5.41) is 0. The second-order valence-corrected chi connectivity index (χ2v) is 6.19. The Morgan fingerprint density at radius 3 is 2.60 bits per heavy atom. The fourth-order valence-corrected chi connectivity index (χ4v) is 3.78. The van der Waals surface area contributed by atoms with Gasteiger partial charge in [0.2, 0.25) is 0 Å². The number of hydrogen-bond donors (Lipinski definition) is 0. The maximum atomic E-state index is 11.3. The summed E-state index contributed by atoms with van der Waals surface area (Å²) < 4.78 is 5.54. The van der Waals surface area contributed by atoms with Crippen LogP contribution in [-0.2, 0) is 9.53 Å². The van der Waals surface area contributed by atoms with Gasteiger partial charge < -0.3 is 4.74 Å². The molecule has 15 heavy (non-hydrogen) atoms. The Bertz CT molecular complexity index is 283. The molecule has 0 saturated heterocycles. The first-order valence-corrected chi connectivity index (χ1v) is 6.19. The SMILES string of the molecule is CC1(C)[C@@H]2CC[C@@](C)(C2)[C@@H]1OC(=O)CCl. The van der Waals surface area contributed by atoms with Gasteiger partial charge in [-0.05, 0) is 25.2 Å². The van der Waals surface area contributed by atoms with Gasteiger partial charge in [0, 0.05) is 10.8 Å². The topological polar surface area (TPSA) is 26.3 Å². The van der Waals surface area contributed by atoms with Crippen molar-refractivity contribution in [1.82, 2.24) is 0 Å². The van der Waals surface area contributed by atoms with Gasteiger partial charge in [0.25, 0.3) is 0 Å². The summed E-state index contributed by atoms with van der Waals surface area (Å²) in [4.78, 5) is 11.3. The Balaban J connectivity index is 2.19. The predicted octanol–water partition coefficient (Wildman–Crippen LogP) is 2.98. The number of halogens is 1. The van der Waals surface area contributed by atoms with Crippen molar-refractivity contribution in [2.45, 2.75) is 46.1 Å². The van der Waals surface area contributed by atoms with Crippen molar-refractivity contribution in [2.75, 3.05) is 5.88 Å². The molecule has 2 aliphatic rings. The van der Waals surface area contributed by atoms with Crippen LogP contribution in [0.2, 0.25) is 0 Å². The number of ether oxygens (including phenoxy) is 1. The molecule has 0 aromatic rings. The van der Waals surface area contributed by atoms with Crippen LogP contribution in [0.25, 0.3) is 0 Å². The molecule has 2 rings (SSSR count). The molecule has 0 radical (unpaired) electrons. The van der Waals surface area contributed by atoms with E-state index < -0.39 is 0 Å². The lowest BCUT2D eigenvalue weighted by Crippen LogP contribution is -2.43. The van der Waals surface area contributed by atoms with E-state index in [1.807, 2.05) is 0 Å². The Morgan fingerprint density at radius 1 is 1.47 bits per heavy atom. The zero-order valence-corrected chi connectivity index (χ0v) is 10.4. The smallest absolute Gasteiger partial charge is 0.321 e. The molecular weight excluding hydrogens is 212 g/mol. The molecule has 2 saturated carbocycles. The Labute approximate surface area is 96.3 Å². The molecule has 2 nitrogen and oxygen atoms in total. The number of hydrogen-bond acceptors (Lipinski definition) is 2. The third-order valence-corrected chi connectivity index (χ3v) is 4.71. The van der Waals surface area contributed by atoms with E-state index in [1.54, 1.807) is 0 Å². The first-order valence-electron chi connectivity index (χ1n) is 5.65. The third-order valence-electron chi connectivity index (χ3n) is 4.50. The lowest BCUT2D eigenvalue weighted by Gasteiger charge is -2.41. The quantitative estimate of drug-likeness (QED) is 0.539. The summed E-state index contributed by atoms with van der Waals surface area (Å²) in [6, 6.07) is 0. The van der Waals surface area contributed by atoms with Crippen LogP contribution in [0.3, 0.4) is 0 Å². The number of carbonyl (C=O) groups excluding carboxylic acids is 1. The molecule has 0 amide bonds. The Hall–Kier alpha value is -0.240. The third kappa shape index (κ3) is 1.57. The molecule has 0 aromatic heterocycles. The highest BCUT2D eigenvalue weighted by Gasteiger charge is 2.61. The Kier molecular flexibility index (Phi) is 2.53. The molecule has 0 spiro atoms. The minimum atomic E-state index is -0.275. The summed E-state index contributed by atoms with van der Waals surface area (Å²) in [6.45, 7) is 6.68. The normalized spacial score (nSPS) is 41.9. The van der Waals surface area contributed by atoms with Crippen LogP contribution in [0.1, 0.15) is 40.0 Å². The molecule has 0 N–H and O–H groups in total. The van der Waals surface area contributed by atoms with Gasteiger partial charge in [0.05, 0.1) is 0 Å². The lowest BCUT2D eigenvalue weighted by atomic mass is 9.70. The largest absolute Gasteiger partial charge is 0.460 e. The highest BCUT2D eigenvalue weighted by Crippen LogP contribution is 2.63. The lowest BCUT2D eigenvalue weighted by molar-refractivity contribution is -0.161. The minimum Gasteiger partial charge on any atom is -0.460 e. The van der Waals surface area contributed by atoms with E-state index in [1.165, 1.54) is 19.3 Å². The molecule has 0 aromatic carbocycles. The van der Waals surface area contributed by atoms with Gasteiger partial charge in [-0.3, -0.25) is 4.79 Å². The van der Waals surface area contributed by atoms with E-state index in [4.69, 9.17) is 16.3 Å². The van der Waals surface area contributed by atoms with Gasteiger partial charge in [-0.15, -0.1) is 11.6 Å². The molecular formula is C12H19ClO2. The van der Waals surface area contributed by atoms with Crippen molar-refractivity contribution < 1.29 is 9.53 Å². The first kappa shape index (κ1) is 11.3. The number of fused-ring (bicyclic) bond motifs is 2. The van der Waals surface area contributed by atoms with E-state index in [0.717, 1.165) is 0 Å². The van der Waals surface area contributed by atoms with Gasteiger partial charge in [-0.2, -0.15) is 0 Å². The second-order valence-electron chi connectivity index (χ2n) is 5.92. The number of esters is 1. The van der Waals surface area contributed by atoms with Crippen LogP contribution in [0.4, 0.5) is 0 Å². The Morgan fingerprint density at radius 2 is 2.13 bits per heavy atom. The van der Waals surface area contributed by atoms with Gasteiger partial charge in [0.15, 0.2) is 0 Å². The molecule has 3 heteroatoms. The minimum absolute atomic E-state index is 0.0344. The zero-order valence-electron chi connectivity index (χ0n) is 9.68. The van der Waals surface area contributed by atoms with E-state index in [-0.39, 0.29) is 28.8 Å². The first-order chi connectivity index (χ1) is 6.90. The van der Waals surface area contributed by atoms with Crippen molar-refractivity contribution in [3.8, 4) is 0 Å². The standard InChI is InChI=1S/C12H19ClO2/c1-11(2)8-4-5-12(3,6-8)10(11)15-9(14)7-13/h8,10H,4-7H2,1-3H3/t8-,10-,12+/m1/s1. The van der Waals surface area contributed by atoms with Crippen molar-refractivity contribution in [3.05, 3.63) is 0 Å². The van der Waals surface area contributed by atoms with Gasteiger partial charge >= 0.3 is 5.97 Å². The van der Waals surface area contributed by atoms with E-state index in [9.17, 15) is 4.79 Å². The van der Waals surface area contributed by atoms with Crippen LogP contribution in [0, 0.1) is 16.7 Å². The van der Waals surface area contributed by atoms with Gasteiger partial charge in [-0.1, -0.05) is 20.8 Å². The molecule has 2 bridgehead atoms. The average Bonchev–Trinajstić information content (AvgIpc) is 2.63. The molecule has 0 unspecified atom stereocenters. The van der Waals surface area contributed by atoms with Crippen LogP contribution >= 0.6 is 11.6 Å². The maximum absolute atomic E-state index is 11.3. The molecule has 0 heterocycles. The van der Waals surface area contributed by atoms with Crippen molar-refractivity contribution in [2.24, 2.45) is 16.7 Å². The summed E-state index contributed by atoms with van der Waals surface area (Å²) in [6.07, 6.45) is 3.70. The number of alkyl halides is 1. The molecule has 0 aliphatic heterocycles. The molecule has 2 aliphatic carbocycles. The number of carbonyl (C=O) groups is 1. The van der Waals surface area contributed by atoms with Crippen LogP contribution in [0.15, 0.2) is 0 Å². The molecule has 86 valence electrons.